The van der Waals surface area contributed by atoms with Crippen LogP contribution in [0.3, 0.4) is 0 Å². The summed E-state index contributed by atoms with van der Waals surface area (Å²) in [6.07, 6.45) is -2.25. The summed E-state index contributed by atoms with van der Waals surface area (Å²) in [5.41, 5.74) is 2.08. The Morgan fingerprint density at radius 2 is 1.64 bits per heavy atom. The molecule has 2 aromatic rings. The largest absolute Gasteiger partial charge is 0.465 e. The topological polar surface area (TPSA) is 111 Å². The van der Waals surface area contributed by atoms with Gasteiger partial charge in [-0.3, -0.25) is 9.80 Å². The van der Waals surface area contributed by atoms with Crippen molar-refractivity contribution in [2.24, 2.45) is 0 Å². The summed E-state index contributed by atoms with van der Waals surface area (Å²) >= 11 is 0. The van der Waals surface area contributed by atoms with Crippen LogP contribution < -0.4 is 9.80 Å². The Morgan fingerprint density at radius 3 is 2.18 bits per heavy atom. The van der Waals surface area contributed by atoms with E-state index in [0.717, 1.165) is 16.7 Å². The second-order valence-electron chi connectivity index (χ2n) is 7.20. The molecule has 3 N–H and O–H groups in total. The van der Waals surface area contributed by atoms with E-state index in [2.05, 4.69) is 0 Å². The van der Waals surface area contributed by atoms with Crippen LogP contribution in [0, 0.1) is 0 Å². The lowest BCUT2D eigenvalue weighted by Crippen LogP contribution is -2.51. The summed E-state index contributed by atoms with van der Waals surface area (Å²) in [5, 5.41) is 29.4. The highest BCUT2D eigenvalue weighted by molar-refractivity contribution is 6.00. The van der Waals surface area contributed by atoms with Gasteiger partial charge < -0.3 is 20.1 Å². The molecule has 0 aliphatic carbocycles. The lowest BCUT2D eigenvalue weighted by molar-refractivity contribution is -0.184. The Kier molecular flexibility index (Phi) is 4.24. The molecule has 1 saturated heterocycles. The zero-order valence-electron chi connectivity index (χ0n) is 15.2. The Morgan fingerprint density at radius 1 is 1.00 bits per heavy atom. The number of nitrogens with zero attached hydrogens (tertiary/aromatic N) is 2. The fraction of sp³-hybridized carbons (Fsp3) is 0.300. The van der Waals surface area contributed by atoms with Crippen LogP contribution in [0.4, 0.5) is 21.0 Å². The second kappa shape index (κ2) is 6.50. The van der Waals surface area contributed by atoms with E-state index in [1.165, 1.54) is 9.80 Å². The van der Waals surface area contributed by atoms with E-state index in [4.69, 9.17) is 4.74 Å². The minimum Gasteiger partial charge on any atom is -0.465 e. The molecule has 0 bridgehead atoms. The van der Waals surface area contributed by atoms with Gasteiger partial charge in [-0.05, 0) is 35.7 Å². The number of hydrogen-bond donors (Lipinski definition) is 3. The molecule has 1 atom stereocenters. The maximum atomic E-state index is 11.7. The van der Waals surface area contributed by atoms with Gasteiger partial charge in [0.15, 0.2) is 0 Å². The first-order valence-corrected chi connectivity index (χ1v) is 8.88. The number of amides is 2. The minimum absolute atomic E-state index is 0.0596. The molecule has 1 fully saturated rings. The summed E-state index contributed by atoms with van der Waals surface area (Å²) in [5.74, 6) is 0. The molecule has 0 radical (unpaired) electrons. The molecule has 2 aliphatic rings. The zero-order valence-corrected chi connectivity index (χ0v) is 15.2. The summed E-state index contributed by atoms with van der Waals surface area (Å²) in [4.78, 5) is 25.7. The van der Waals surface area contributed by atoms with Gasteiger partial charge in [-0.2, -0.15) is 0 Å². The molecule has 0 aromatic heterocycles. The van der Waals surface area contributed by atoms with Gasteiger partial charge in [0.05, 0.1) is 37.2 Å². The fourth-order valence-electron chi connectivity index (χ4n) is 3.71. The van der Waals surface area contributed by atoms with Crippen LogP contribution in [-0.2, 0) is 10.3 Å². The summed E-state index contributed by atoms with van der Waals surface area (Å²) in [7, 11) is 0. The van der Waals surface area contributed by atoms with Gasteiger partial charge in [0, 0.05) is 0 Å². The molecular weight excluding hydrogens is 364 g/mol. The van der Waals surface area contributed by atoms with E-state index in [9.17, 15) is 24.9 Å². The Hall–Kier alpha value is -3.10. The molecular formula is C20H20N2O6. The maximum absolute atomic E-state index is 11.7. The normalized spacial score (nSPS) is 20.3. The molecule has 146 valence electrons. The van der Waals surface area contributed by atoms with E-state index in [-0.39, 0.29) is 19.8 Å². The predicted molar refractivity (Wildman–Crippen MR) is 102 cm³/mol. The van der Waals surface area contributed by atoms with Crippen molar-refractivity contribution in [2.45, 2.75) is 18.6 Å². The third kappa shape index (κ3) is 2.87. The first-order chi connectivity index (χ1) is 13.3. The van der Waals surface area contributed by atoms with Crippen molar-refractivity contribution in [3.8, 4) is 11.1 Å². The summed E-state index contributed by atoms with van der Waals surface area (Å²) in [6.45, 7) is 2.27. The van der Waals surface area contributed by atoms with Crippen LogP contribution in [0.2, 0.25) is 0 Å². The number of rotatable bonds is 2. The number of carboxylic acid groups (broad SMARTS) is 2. The first-order valence-electron chi connectivity index (χ1n) is 8.88. The third-order valence-corrected chi connectivity index (χ3v) is 5.29. The van der Waals surface area contributed by atoms with E-state index in [1.807, 2.05) is 24.3 Å². The molecule has 2 heterocycles. The van der Waals surface area contributed by atoms with Crippen molar-refractivity contribution in [3.63, 3.8) is 0 Å². The summed E-state index contributed by atoms with van der Waals surface area (Å²) in [6, 6.07) is 11.9. The molecule has 8 heteroatoms. The average Bonchev–Trinajstić information content (AvgIpc) is 2.64. The van der Waals surface area contributed by atoms with Crippen LogP contribution >= 0.6 is 0 Å². The van der Waals surface area contributed by atoms with Crippen LogP contribution in [-0.4, -0.2) is 53.3 Å². The standard InChI is InChI=1S/C20H20N2O6/c1-12-9-21(18(23)24)17-8-14(4-7-16(17)22(12)19(25)26)13-2-5-15(6-3-13)20(27)10-28-11-20/h2-8,12,27H,9-11H2,1H3,(H,23,24)(H,25,26)/t12-/m0/s1. The Labute approximate surface area is 161 Å². The van der Waals surface area contributed by atoms with Crippen LogP contribution in [0.25, 0.3) is 11.1 Å². The second-order valence-corrected chi connectivity index (χ2v) is 7.20. The van der Waals surface area contributed by atoms with E-state index in [1.54, 1.807) is 25.1 Å². The van der Waals surface area contributed by atoms with Crippen molar-refractivity contribution in [2.75, 3.05) is 29.6 Å². The van der Waals surface area contributed by atoms with Crippen molar-refractivity contribution in [3.05, 3.63) is 48.0 Å². The van der Waals surface area contributed by atoms with Gasteiger partial charge in [-0.1, -0.05) is 30.3 Å². The molecule has 8 nitrogen and oxygen atoms in total. The number of ether oxygens (including phenoxy) is 1. The highest BCUT2D eigenvalue weighted by atomic mass is 16.5. The van der Waals surface area contributed by atoms with Crippen LogP contribution in [0.5, 0.6) is 0 Å². The molecule has 28 heavy (non-hydrogen) atoms. The molecule has 0 spiro atoms. The van der Waals surface area contributed by atoms with Crippen molar-refractivity contribution >= 4 is 23.6 Å². The van der Waals surface area contributed by atoms with Gasteiger partial charge in [0.25, 0.3) is 0 Å². The van der Waals surface area contributed by atoms with Crippen LogP contribution in [0.1, 0.15) is 12.5 Å². The number of hydrogen-bond acceptors (Lipinski definition) is 4. The number of carbonyl (C=O) groups is 2. The lowest BCUT2D eigenvalue weighted by atomic mass is 9.90. The summed E-state index contributed by atoms with van der Waals surface area (Å²) < 4.78 is 5.08. The van der Waals surface area contributed by atoms with E-state index >= 15 is 0 Å². The Bertz CT molecular complexity index is 938. The molecule has 2 amide bonds. The number of benzene rings is 2. The highest BCUT2D eigenvalue weighted by Crippen LogP contribution is 2.39. The van der Waals surface area contributed by atoms with Crippen molar-refractivity contribution in [1.29, 1.82) is 0 Å². The smallest absolute Gasteiger partial charge is 0.412 e. The minimum atomic E-state index is -1.13. The SMILES string of the molecule is C[C@H]1CN(C(=O)O)c2cc(-c3ccc(C4(O)COC4)cc3)ccc2N1C(=O)O. The fourth-order valence-corrected chi connectivity index (χ4v) is 3.71. The molecule has 0 saturated carbocycles. The maximum Gasteiger partial charge on any atom is 0.412 e. The average molecular weight is 384 g/mol. The molecule has 0 unspecified atom stereocenters. The highest BCUT2D eigenvalue weighted by Gasteiger charge is 2.38. The van der Waals surface area contributed by atoms with E-state index < -0.39 is 23.8 Å². The third-order valence-electron chi connectivity index (χ3n) is 5.29. The van der Waals surface area contributed by atoms with E-state index in [0.29, 0.717) is 11.4 Å². The predicted octanol–water partition coefficient (Wildman–Crippen LogP) is 2.94. The molecule has 2 aromatic carbocycles. The Balaban J connectivity index is 1.73. The molecule has 4 rings (SSSR count). The van der Waals surface area contributed by atoms with Gasteiger partial charge in [0.1, 0.15) is 5.60 Å². The zero-order chi connectivity index (χ0) is 20.1. The van der Waals surface area contributed by atoms with Gasteiger partial charge in [0.2, 0.25) is 0 Å². The number of anilines is 2. The number of fused-ring (bicyclic) bond motifs is 1. The van der Waals surface area contributed by atoms with Gasteiger partial charge in [-0.25, -0.2) is 9.59 Å². The molecule has 2 aliphatic heterocycles. The van der Waals surface area contributed by atoms with Crippen molar-refractivity contribution < 1.29 is 29.6 Å². The van der Waals surface area contributed by atoms with Gasteiger partial charge in [-0.15, -0.1) is 0 Å². The lowest BCUT2D eigenvalue weighted by Gasteiger charge is -2.38. The van der Waals surface area contributed by atoms with Crippen molar-refractivity contribution in [1.82, 2.24) is 0 Å². The quantitative estimate of drug-likeness (QED) is 0.734. The first kappa shape index (κ1) is 18.3. The van der Waals surface area contributed by atoms with Crippen LogP contribution in [0.15, 0.2) is 42.5 Å². The monoisotopic (exact) mass is 384 g/mol. The number of aliphatic hydroxyl groups is 1. The van der Waals surface area contributed by atoms with Gasteiger partial charge >= 0.3 is 12.2 Å².